The minimum Gasteiger partial charge on any atom is -0.454 e. The van der Waals surface area contributed by atoms with E-state index >= 15 is 0 Å². The Labute approximate surface area is 174 Å². The molecule has 2 aliphatic heterocycles. The van der Waals surface area contributed by atoms with Gasteiger partial charge in [-0.1, -0.05) is 6.07 Å². The Morgan fingerprint density at radius 3 is 2.83 bits per heavy atom. The summed E-state index contributed by atoms with van der Waals surface area (Å²) in [6, 6.07) is 9.40. The summed E-state index contributed by atoms with van der Waals surface area (Å²) in [6.07, 6.45) is 3.34. The van der Waals surface area contributed by atoms with Gasteiger partial charge in [0, 0.05) is 38.1 Å². The van der Waals surface area contributed by atoms with Crippen LogP contribution < -0.4 is 25.0 Å². The van der Waals surface area contributed by atoms with E-state index < -0.39 is 0 Å². The summed E-state index contributed by atoms with van der Waals surface area (Å²) >= 11 is 0. The number of aryl methyl sites for hydroxylation is 1. The second-order valence-electron chi connectivity index (χ2n) is 7.50. The molecule has 0 unspecified atom stereocenters. The van der Waals surface area contributed by atoms with Crippen LogP contribution in [0.5, 0.6) is 11.5 Å². The van der Waals surface area contributed by atoms with Crippen molar-refractivity contribution in [2.24, 2.45) is 0 Å². The van der Waals surface area contributed by atoms with Gasteiger partial charge in [-0.2, -0.15) is 0 Å². The highest BCUT2D eigenvalue weighted by Crippen LogP contribution is 2.33. The van der Waals surface area contributed by atoms with Gasteiger partial charge in [-0.15, -0.1) is 0 Å². The Morgan fingerprint density at radius 2 is 1.93 bits per heavy atom. The van der Waals surface area contributed by atoms with Crippen LogP contribution in [0, 0.1) is 5.82 Å². The Morgan fingerprint density at radius 1 is 1.07 bits per heavy atom. The van der Waals surface area contributed by atoms with Crippen LogP contribution >= 0.6 is 0 Å². The van der Waals surface area contributed by atoms with E-state index in [1.165, 1.54) is 11.9 Å². The highest BCUT2D eigenvalue weighted by atomic mass is 19.1. The average Bonchev–Trinajstić information content (AvgIpc) is 3.25. The van der Waals surface area contributed by atoms with Gasteiger partial charge in [0.1, 0.15) is 18.0 Å². The lowest BCUT2D eigenvalue weighted by molar-refractivity contribution is 0.174. The molecule has 0 aliphatic carbocycles. The molecule has 7 nitrogen and oxygen atoms in total. The van der Waals surface area contributed by atoms with Gasteiger partial charge >= 0.3 is 0 Å². The molecule has 0 radical (unpaired) electrons. The fraction of sp³-hybridized carbons (Fsp3) is 0.364. The summed E-state index contributed by atoms with van der Waals surface area (Å²) in [5, 5.41) is 7.33. The van der Waals surface area contributed by atoms with Gasteiger partial charge in [0.2, 0.25) is 6.79 Å². The van der Waals surface area contributed by atoms with Crippen LogP contribution in [-0.2, 0) is 6.42 Å². The molecule has 2 aliphatic rings. The maximum absolute atomic E-state index is 14.8. The van der Waals surface area contributed by atoms with Crippen molar-refractivity contribution in [3.63, 3.8) is 0 Å². The Hall–Kier alpha value is -3.13. The molecule has 0 bridgehead atoms. The number of rotatable bonds is 6. The lowest BCUT2D eigenvalue weighted by Gasteiger charge is -2.29. The maximum atomic E-state index is 14.8. The van der Waals surface area contributed by atoms with Crippen LogP contribution in [0.4, 0.5) is 15.9 Å². The van der Waals surface area contributed by atoms with Crippen LogP contribution in [0.25, 0.3) is 10.9 Å². The first kappa shape index (κ1) is 18.9. The van der Waals surface area contributed by atoms with Gasteiger partial charge in [-0.25, -0.2) is 14.4 Å². The lowest BCUT2D eigenvalue weighted by Crippen LogP contribution is -2.43. The number of hydrogen-bond donors (Lipinski definition) is 2. The number of piperazine rings is 1. The molecule has 0 saturated carbocycles. The highest BCUT2D eigenvalue weighted by molar-refractivity contribution is 5.91. The van der Waals surface area contributed by atoms with E-state index in [1.807, 2.05) is 18.2 Å². The Bertz CT molecular complexity index is 1060. The molecule has 3 aromatic rings. The number of aromatic nitrogens is 2. The molecule has 1 saturated heterocycles. The monoisotopic (exact) mass is 409 g/mol. The topological polar surface area (TPSA) is 71.5 Å². The lowest BCUT2D eigenvalue weighted by atomic mass is 10.1. The van der Waals surface area contributed by atoms with Gasteiger partial charge in [-0.05, 0) is 42.7 Å². The van der Waals surface area contributed by atoms with Crippen molar-refractivity contribution in [3.05, 3.63) is 48.0 Å². The molecular weight excluding hydrogens is 385 g/mol. The van der Waals surface area contributed by atoms with Crippen LogP contribution in [0.15, 0.2) is 36.7 Å². The first-order valence-corrected chi connectivity index (χ1v) is 10.3. The van der Waals surface area contributed by atoms with Crippen LogP contribution in [0.3, 0.4) is 0 Å². The number of halogens is 1. The molecule has 30 heavy (non-hydrogen) atoms. The molecule has 0 spiro atoms. The molecule has 156 valence electrons. The molecule has 2 aromatic carbocycles. The Kier molecular flexibility index (Phi) is 5.23. The number of ether oxygens (including phenoxy) is 2. The minimum atomic E-state index is -0.234. The fourth-order valence-electron chi connectivity index (χ4n) is 3.95. The van der Waals surface area contributed by atoms with Gasteiger partial charge in [0.25, 0.3) is 0 Å². The second-order valence-corrected chi connectivity index (χ2v) is 7.50. The molecule has 0 amide bonds. The number of hydrogen-bond acceptors (Lipinski definition) is 7. The molecule has 3 heterocycles. The van der Waals surface area contributed by atoms with Gasteiger partial charge in [0.15, 0.2) is 11.5 Å². The van der Waals surface area contributed by atoms with Crippen molar-refractivity contribution in [3.8, 4) is 11.5 Å². The van der Waals surface area contributed by atoms with Crippen LogP contribution in [-0.4, -0.2) is 49.5 Å². The first-order chi connectivity index (χ1) is 14.8. The van der Waals surface area contributed by atoms with E-state index in [0.717, 1.165) is 62.6 Å². The normalized spacial score (nSPS) is 15.6. The SMILES string of the molecule is Fc1cc2c(NCCCc3ccc4c(c3)OCO4)ncnc2cc1N1CCNCC1. The molecular formula is C22H24FN5O2. The third-order valence-corrected chi connectivity index (χ3v) is 5.53. The fourth-order valence-corrected chi connectivity index (χ4v) is 3.95. The zero-order valence-electron chi connectivity index (χ0n) is 16.7. The Balaban J connectivity index is 1.26. The predicted octanol–water partition coefficient (Wildman–Crippen LogP) is 2.95. The number of benzene rings is 2. The number of nitrogens with zero attached hydrogens (tertiary/aromatic N) is 3. The van der Waals surface area contributed by atoms with Gasteiger partial charge in [0.05, 0.1) is 11.2 Å². The first-order valence-electron chi connectivity index (χ1n) is 10.3. The summed E-state index contributed by atoms with van der Waals surface area (Å²) in [5.74, 6) is 2.03. The second kappa shape index (κ2) is 8.31. The predicted molar refractivity (Wildman–Crippen MR) is 114 cm³/mol. The molecule has 5 rings (SSSR count). The van der Waals surface area contributed by atoms with Crippen molar-refractivity contribution in [2.45, 2.75) is 12.8 Å². The van der Waals surface area contributed by atoms with Crippen molar-refractivity contribution in [1.29, 1.82) is 0 Å². The third-order valence-electron chi connectivity index (χ3n) is 5.53. The third kappa shape index (κ3) is 3.82. The average molecular weight is 409 g/mol. The van der Waals surface area contributed by atoms with Crippen molar-refractivity contribution >= 4 is 22.4 Å². The maximum Gasteiger partial charge on any atom is 0.231 e. The largest absolute Gasteiger partial charge is 0.454 e. The van der Waals surface area contributed by atoms with E-state index in [-0.39, 0.29) is 12.6 Å². The molecule has 8 heteroatoms. The number of fused-ring (bicyclic) bond motifs is 2. The standard InChI is InChI=1S/C22H24FN5O2/c23-17-11-16-18(12-19(17)28-8-6-24-7-9-28)26-13-27-22(16)25-5-1-2-15-3-4-20-21(10-15)30-14-29-20/h3-4,10-13,24H,1-2,5-9,14H2,(H,25,26,27). The van der Waals surface area contributed by atoms with Crippen LogP contribution in [0.1, 0.15) is 12.0 Å². The number of anilines is 2. The van der Waals surface area contributed by atoms with Crippen molar-refractivity contribution in [2.75, 3.05) is 49.7 Å². The quantitative estimate of drug-likeness (QED) is 0.607. The zero-order chi connectivity index (χ0) is 20.3. The molecule has 1 fully saturated rings. The summed E-state index contributed by atoms with van der Waals surface area (Å²) < 4.78 is 25.6. The molecule has 0 atom stereocenters. The summed E-state index contributed by atoms with van der Waals surface area (Å²) in [5.41, 5.74) is 2.55. The van der Waals surface area contributed by atoms with E-state index in [9.17, 15) is 4.39 Å². The zero-order valence-corrected chi connectivity index (χ0v) is 16.7. The van der Waals surface area contributed by atoms with E-state index in [1.54, 1.807) is 6.07 Å². The molecule has 1 aromatic heterocycles. The highest BCUT2D eigenvalue weighted by Gasteiger charge is 2.17. The summed E-state index contributed by atoms with van der Waals surface area (Å²) in [6.45, 7) is 4.31. The van der Waals surface area contributed by atoms with Gasteiger partial charge < -0.3 is 25.0 Å². The summed E-state index contributed by atoms with van der Waals surface area (Å²) in [7, 11) is 0. The molecule has 2 N–H and O–H groups in total. The van der Waals surface area contributed by atoms with Gasteiger partial charge in [-0.3, -0.25) is 0 Å². The van der Waals surface area contributed by atoms with Crippen molar-refractivity contribution in [1.82, 2.24) is 15.3 Å². The van der Waals surface area contributed by atoms with E-state index in [4.69, 9.17) is 9.47 Å². The number of nitrogens with one attached hydrogen (secondary N) is 2. The van der Waals surface area contributed by atoms with Crippen LogP contribution in [0.2, 0.25) is 0 Å². The van der Waals surface area contributed by atoms with E-state index in [2.05, 4.69) is 31.6 Å². The smallest absolute Gasteiger partial charge is 0.231 e. The van der Waals surface area contributed by atoms with E-state index in [0.29, 0.717) is 16.9 Å². The minimum absolute atomic E-state index is 0.234. The van der Waals surface area contributed by atoms with Crippen molar-refractivity contribution < 1.29 is 13.9 Å². The summed E-state index contributed by atoms with van der Waals surface area (Å²) in [4.78, 5) is 10.8.